The molecule has 7 unspecified atom stereocenters. The molecule has 1 saturated heterocycles. The Hall–Kier alpha value is -2.31. The lowest BCUT2D eigenvalue weighted by Gasteiger charge is -2.55. The minimum Gasteiger partial charge on any atom is -0.388 e. The summed E-state index contributed by atoms with van der Waals surface area (Å²) in [5.41, 5.74) is 4.98. The highest BCUT2D eigenvalue weighted by molar-refractivity contribution is 5.93. The van der Waals surface area contributed by atoms with Gasteiger partial charge in [-0.25, -0.2) is 0 Å². The Kier molecular flexibility index (Phi) is 4.47. The molecule has 0 amide bonds. The molecule has 1 aromatic heterocycles. The number of hydrogen-bond acceptors (Lipinski definition) is 5. The zero-order chi connectivity index (χ0) is 24.2. The first-order valence-corrected chi connectivity index (χ1v) is 13.0. The fraction of sp³-hybridized carbons (Fsp3) is 0.500. The van der Waals surface area contributed by atoms with Crippen LogP contribution < -0.4 is 0 Å². The molecular formula is C30H34N2O3. The lowest BCUT2D eigenvalue weighted by molar-refractivity contribution is -0.161. The van der Waals surface area contributed by atoms with E-state index < -0.39 is 17.8 Å². The summed E-state index contributed by atoms with van der Waals surface area (Å²) in [7, 11) is 3.96. The second-order valence-corrected chi connectivity index (χ2v) is 11.8. The average molecular weight is 471 g/mol. The number of aromatic nitrogens is 1. The van der Waals surface area contributed by atoms with Gasteiger partial charge < -0.3 is 19.8 Å². The summed E-state index contributed by atoms with van der Waals surface area (Å²) in [5, 5.41) is 23.2. The predicted octanol–water partition coefficient (Wildman–Crippen LogP) is 4.26. The maximum Gasteiger partial charge on any atom is 0.105 e. The topological polar surface area (TPSA) is 65.8 Å². The van der Waals surface area contributed by atoms with E-state index in [9.17, 15) is 10.2 Å². The smallest absolute Gasteiger partial charge is 0.105 e. The van der Waals surface area contributed by atoms with Crippen LogP contribution in [0.15, 0.2) is 65.9 Å². The molecule has 2 fully saturated rings. The van der Waals surface area contributed by atoms with Crippen molar-refractivity contribution < 1.29 is 14.9 Å². The van der Waals surface area contributed by atoms with Gasteiger partial charge in [0.25, 0.3) is 0 Å². The Morgan fingerprint density at radius 2 is 1.94 bits per heavy atom. The van der Waals surface area contributed by atoms with Crippen LogP contribution in [0.4, 0.5) is 0 Å². The number of aliphatic hydroxyl groups excluding tert-OH is 2. The largest absolute Gasteiger partial charge is 0.388 e. The van der Waals surface area contributed by atoms with Crippen LogP contribution in [0.1, 0.15) is 44.6 Å². The molecule has 7 atom stereocenters. The number of likely N-dealkylation sites (N-methyl/N-ethyl adjacent to an activating group) is 1. The molecule has 3 heterocycles. The number of hydrogen-bond donors (Lipinski definition) is 2. The van der Waals surface area contributed by atoms with Crippen LogP contribution >= 0.6 is 0 Å². The van der Waals surface area contributed by atoms with E-state index in [0.717, 1.165) is 43.2 Å². The molecule has 182 valence electrons. The highest BCUT2D eigenvalue weighted by Crippen LogP contribution is 2.68. The first-order valence-electron chi connectivity index (χ1n) is 13.0. The van der Waals surface area contributed by atoms with Gasteiger partial charge in [-0.1, -0.05) is 43.4 Å². The number of nitrogens with zero attached hydrogens (tertiary/aromatic N) is 2. The maximum atomic E-state index is 11.2. The first kappa shape index (κ1) is 21.9. The molecule has 3 aliphatic carbocycles. The van der Waals surface area contributed by atoms with Crippen LogP contribution in [0, 0.1) is 11.3 Å². The van der Waals surface area contributed by atoms with Crippen LogP contribution in [-0.4, -0.2) is 63.6 Å². The second kappa shape index (κ2) is 7.13. The van der Waals surface area contributed by atoms with Crippen LogP contribution in [0.3, 0.4) is 0 Å². The fourth-order valence-corrected chi connectivity index (χ4v) is 8.25. The molecule has 2 aliphatic heterocycles. The Morgan fingerprint density at radius 3 is 2.77 bits per heavy atom. The van der Waals surface area contributed by atoms with Crippen molar-refractivity contribution in [3.63, 3.8) is 0 Å². The molecule has 0 radical (unpaired) electrons. The van der Waals surface area contributed by atoms with Crippen LogP contribution in [0.5, 0.6) is 0 Å². The molecule has 35 heavy (non-hydrogen) atoms. The molecule has 1 saturated carbocycles. The summed E-state index contributed by atoms with van der Waals surface area (Å²) >= 11 is 0. The third-order valence-corrected chi connectivity index (χ3v) is 10.0. The predicted molar refractivity (Wildman–Crippen MR) is 137 cm³/mol. The van der Waals surface area contributed by atoms with Crippen molar-refractivity contribution in [1.29, 1.82) is 0 Å². The molecule has 2 bridgehead atoms. The zero-order valence-electron chi connectivity index (χ0n) is 20.7. The van der Waals surface area contributed by atoms with Crippen molar-refractivity contribution in [2.24, 2.45) is 11.3 Å². The van der Waals surface area contributed by atoms with Crippen molar-refractivity contribution >= 4 is 16.5 Å². The van der Waals surface area contributed by atoms with E-state index in [4.69, 9.17) is 4.74 Å². The van der Waals surface area contributed by atoms with Gasteiger partial charge in [0.05, 0.1) is 22.8 Å². The molecule has 7 rings (SSSR count). The lowest BCUT2D eigenvalue weighted by atomic mass is 9.58. The Morgan fingerprint density at radius 1 is 1.09 bits per heavy atom. The molecule has 5 heteroatoms. The van der Waals surface area contributed by atoms with Crippen LogP contribution in [0.2, 0.25) is 0 Å². The van der Waals surface area contributed by atoms with Crippen molar-refractivity contribution in [1.82, 2.24) is 9.88 Å². The number of pyridine rings is 1. The van der Waals surface area contributed by atoms with Gasteiger partial charge in [-0.3, -0.25) is 4.98 Å². The first-order chi connectivity index (χ1) is 16.8. The second-order valence-electron chi connectivity index (χ2n) is 11.8. The molecule has 2 N–H and O–H groups in total. The molecule has 5 nitrogen and oxygen atoms in total. The van der Waals surface area contributed by atoms with Crippen LogP contribution in [-0.2, 0) is 4.74 Å². The Balaban J connectivity index is 1.33. The normalized spacial score (nSPS) is 41.7. The van der Waals surface area contributed by atoms with E-state index in [2.05, 4.69) is 54.4 Å². The summed E-state index contributed by atoms with van der Waals surface area (Å²) in [6.45, 7) is 2.42. The van der Waals surface area contributed by atoms with Gasteiger partial charge in [-0.15, -0.1) is 0 Å². The monoisotopic (exact) mass is 470 g/mol. The summed E-state index contributed by atoms with van der Waals surface area (Å²) in [5.74, 6) is 0.343. The lowest BCUT2D eigenvalue weighted by Crippen LogP contribution is -2.61. The standard InChI is InChI=1S/C30H34N2O3/c1-28-12-11-18-16-22-26(33)27(34)24(32(2)3)17-29(22)13-14-30(18,35-29)25(28)10-9-21(28)19-6-4-8-23-20(19)7-5-15-31-23/h4-9,11,15-16,24-27,33-34H,10,12-14,17H2,1-3H3. The number of ether oxygens (including phenoxy) is 1. The average Bonchev–Trinajstić information content (AvgIpc) is 3.37. The summed E-state index contributed by atoms with van der Waals surface area (Å²) in [6, 6.07) is 10.5. The van der Waals surface area contributed by atoms with Gasteiger partial charge in [-0.2, -0.15) is 0 Å². The molecule has 1 aromatic carbocycles. The van der Waals surface area contributed by atoms with Gasteiger partial charge >= 0.3 is 0 Å². The van der Waals surface area contributed by atoms with E-state index in [1.165, 1.54) is 22.1 Å². The third kappa shape index (κ3) is 2.70. The van der Waals surface area contributed by atoms with Crippen molar-refractivity contribution in [3.05, 3.63) is 71.5 Å². The Bertz CT molecular complexity index is 1320. The molecule has 2 spiro atoms. The van der Waals surface area contributed by atoms with Crippen molar-refractivity contribution in [2.45, 2.75) is 68.5 Å². The molecular weight excluding hydrogens is 436 g/mol. The fourth-order valence-electron chi connectivity index (χ4n) is 8.25. The molecule has 5 aliphatic rings. The van der Waals surface area contributed by atoms with Gasteiger partial charge in [0.15, 0.2) is 0 Å². The van der Waals surface area contributed by atoms with Gasteiger partial charge in [-0.05, 0) is 80.6 Å². The van der Waals surface area contributed by atoms with E-state index in [1.54, 1.807) is 0 Å². The third-order valence-electron chi connectivity index (χ3n) is 10.0. The van der Waals surface area contributed by atoms with E-state index in [1.807, 2.05) is 31.3 Å². The van der Waals surface area contributed by atoms with E-state index in [-0.39, 0.29) is 17.1 Å². The highest BCUT2D eigenvalue weighted by Gasteiger charge is 2.67. The SMILES string of the molecule is CN(C)C1CC23CCC4(O2)C(=CCC2(C)C(c5cccc6ncccc56)=CCC24)C=C3C(O)C1O. The number of benzene rings is 1. The number of aliphatic hydroxyl groups is 2. The summed E-state index contributed by atoms with van der Waals surface area (Å²) < 4.78 is 7.25. The van der Waals surface area contributed by atoms with Gasteiger partial charge in [0, 0.05) is 29.0 Å². The summed E-state index contributed by atoms with van der Waals surface area (Å²) in [6.07, 6.45) is 11.7. The zero-order valence-corrected chi connectivity index (χ0v) is 20.7. The number of fused-ring (bicyclic) bond motifs is 2. The minimum absolute atomic E-state index is 0.0295. The highest BCUT2D eigenvalue weighted by atomic mass is 16.5. The van der Waals surface area contributed by atoms with Gasteiger partial charge in [0.1, 0.15) is 6.10 Å². The minimum atomic E-state index is -0.887. The van der Waals surface area contributed by atoms with Crippen LogP contribution in [0.25, 0.3) is 16.5 Å². The van der Waals surface area contributed by atoms with E-state index in [0.29, 0.717) is 5.92 Å². The summed E-state index contributed by atoms with van der Waals surface area (Å²) in [4.78, 5) is 6.64. The Labute approximate surface area is 206 Å². The maximum absolute atomic E-state index is 11.2. The quantitative estimate of drug-likeness (QED) is 0.687. The van der Waals surface area contributed by atoms with Gasteiger partial charge in [0.2, 0.25) is 0 Å². The number of rotatable bonds is 2. The van der Waals surface area contributed by atoms with Crippen molar-refractivity contribution in [3.8, 4) is 0 Å². The number of allylic oxidation sites excluding steroid dienone is 3. The molecule has 2 aromatic rings. The van der Waals surface area contributed by atoms with E-state index >= 15 is 0 Å². The van der Waals surface area contributed by atoms with Crippen molar-refractivity contribution in [2.75, 3.05) is 14.1 Å².